The summed E-state index contributed by atoms with van der Waals surface area (Å²) in [6.07, 6.45) is 0.832. The zero-order valence-electron chi connectivity index (χ0n) is 18.4. The number of amides is 1. The number of aliphatic imine (C=N–C) groups is 1. The van der Waals surface area contributed by atoms with E-state index < -0.39 is 0 Å². The number of guanidine groups is 1. The molecule has 1 amide bonds. The number of aryl methyl sites for hydroxylation is 1. The van der Waals surface area contributed by atoms with Gasteiger partial charge in [-0.1, -0.05) is 42.5 Å². The SMILES string of the molecule is CN=C(NCC(=O)NCc1ccccc1)NCc1ccc(C)cc1OCCCOC.I. The van der Waals surface area contributed by atoms with Gasteiger partial charge in [-0.3, -0.25) is 9.79 Å². The van der Waals surface area contributed by atoms with E-state index in [2.05, 4.69) is 20.9 Å². The lowest BCUT2D eigenvalue weighted by Gasteiger charge is -2.15. The van der Waals surface area contributed by atoms with Gasteiger partial charge in [-0.25, -0.2) is 0 Å². The van der Waals surface area contributed by atoms with Crippen LogP contribution in [0.15, 0.2) is 53.5 Å². The largest absolute Gasteiger partial charge is 0.493 e. The molecule has 31 heavy (non-hydrogen) atoms. The Morgan fingerprint density at radius 1 is 1.00 bits per heavy atom. The van der Waals surface area contributed by atoms with Gasteiger partial charge in [-0.05, 0) is 24.1 Å². The van der Waals surface area contributed by atoms with Crippen LogP contribution in [0.1, 0.15) is 23.1 Å². The minimum atomic E-state index is -0.0979. The van der Waals surface area contributed by atoms with E-state index in [4.69, 9.17) is 9.47 Å². The van der Waals surface area contributed by atoms with Gasteiger partial charge in [0.2, 0.25) is 5.91 Å². The van der Waals surface area contributed by atoms with E-state index in [0.29, 0.717) is 32.3 Å². The Morgan fingerprint density at radius 2 is 1.77 bits per heavy atom. The fourth-order valence-electron chi connectivity index (χ4n) is 2.75. The molecule has 7 nitrogen and oxygen atoms in total. The predicted octanol–water partition coefficient (Wildman–Crippen LogP) is 3.01. The van der Waals surface area contributed by atoms with Crippen LogP contribution in [0.5, 0.6) is 5.75 Å². The number of ether oxygens (including phenoxy) is 2. The molecule has 0 radical (unpaired) electrons. The number of rotatable bonds is 11. The Bertz CT molecular complexity index is 816. The highest BCUT2D eigenvalue weighted by Gasteiger charge is 2.07. The number of hydrogen-bond donors (Lipinski definition) is 3. The highest BCUT2D eigenvalue weighted by Crippen LogP contribution is 2.20. The van der Waals surface area contributed by atoms with Crippen molar-refractivity contribution in [3.63, 3.8) is 0 Å². The molecule has 0 bridgehead atoms. The van der Waals surface area contributed by atoms with E-state index in [9.17, 15) is 4.79 Å². The molecule has 2 aromatic rings. The molecule has 0 aliphatic heterocycles. The van der Waals surface area contributed by atoms with E-state index in [1.807, 2.05) is 55.5 Å². The highest BCUT2D eigenvalue weighted by atomic mass is 127. The second-order valence-electron chi connectivity index (χ2n) is 6.85. The van der Waals surface area contributed by atoms with Gasteiger partial charge >= 0.3 is 0 Å². The van der Waals surface area contributed by atoms with Crippen molar-refractivity contribution in [1.82, 2.24) is 16.0 Å². The first-order valence-corrected chi connectivity index (χ1v) is 10.1. The molecule has 0 aliphatic rings. The molecule has 3 N–H and O–H groups in total. The molecule has 0 atom stereocenters. The summed E-state index contributed by atoms with van der Waals surface area (Å²) in [6.45, 7) is 4.47. The molecule has 0 fully saturated rings. The predicted molar refractivity (Wildman–Crippen MR) is 135 cm³/mol. The summed E-state index contributed by atoms with van der Waals surface area (Å²) < 4.78 is 11.0. The second kappa shape index (κ2) is 15.5. The summed E-state index contributed by atoms with van der Waals surface area (Å²) in [7, 11) is 3.36. The maximum absolute atomic E-state index is 12.1. The van der Waals surface area contributed by atoms with Crippen LogP contribution in [0, 0.1) is 6.92 Å². The van der Waals surface area contributed by atoms with Gasteiger partial charge in [0, 0.05) is 45.8 Å². The summed E-state index contributed by atoms with van der Waals surface area (Å²) in [5, 5.41) is 9.15. The average Bonchev–Trinajstić information content (AvgIpc) is 2.77. The molecule has 2 aromatic carbocycles. The Morgan fingerprint density at radius 3 is 2.48 bits per heavy atom. The molecule has 0 saturated carbocycles. The summed E-state index contributed by atoms with van der Waals surface area (Å²) in [5.74, 6) is 1.30. The van der Waals surface area contributed by atoms with Crippen molar-refractivity contribution in [1.29, 1.82) is 0 Å². The van der Waals surface area contributed by atoms with Gasteiger partial charge in [0.15, 0.2) is 5.96 Å². The standard InChI is InChI=1S/C23H32N4O3.HI/c1-18-10-11-20(21(14-18)30-13-7-12-29-3)16-26-23(24-2)27-17-22(28)25-15-19-8-5-4-6-9-19;/h4-6,8-11,14H,7,12-13,15-17H2,1-3H3,(H,25,28)(H2,24,26,27);1H. The van der Waals surface area contributed by atoms with E-state index in [1.54, 1.807) is 14.2 Å². The third-order valence-corrected chi connectivity index (χ3v) is 4.39. The summed E-state index contributed by atoms with van der Waals surface area (Å²) in [6, 6.07) is 15.9. The minimum Gasteiger partial charge on any atom is -0.493 e. The third-order valence-electron chi connectivity index (χ3n) is 4.39. The lowest BCUT2D eigenvalue weighted by atomic mass is 10.1. The van der Waals surface area contributed by atoms with Crippen molar-refractivity contribution in [2.75, 3.05) is 33.9 Å². The van der Waals surface area contributed by atoms with Crippen molar-refractivity contribution in [2.45, 2.75) is 26.4 Å². The lowest BCUT2D eigenvalue weighted by molar-refractivity contribution is -0.120. The Kier molecular flexibility index (Phi) is 13.3. The number of carbonyl (C=O) groups is 1. The fourth-order valence-corrected chi connectivity index (χ4v) is 2.75. The number of carbonyl (C=O) groups excluding carboxylic acids is 1. The maximum Gasteiger partial charge on any atom is 0.239 e. The Labute approximate surface area is 202 Å². The van der Waals surface area contributed by atoms with Crippen molar-refractivity contribution < 1.29 is 14.3 Å². The van der Waals surface area contributed by atoms with Gasteiger partial charge < -0.3 is 25.4 Å². The first-order chi connectivity index (χ1) is 14.6. The van der Waals surface area contributed by atoms with Crippen LogP contribution in [0.25, 0.3) is 0 Å². The average molecular weight is 540 g/mol. The normalized spacial score (nSPS) is 10.7. The minimum absolute atomic E-state index is 0. The molecule has 170 valence electrons. The maximum atomic E-state index is 12.1. The van der Waals surface area contributed by atoms with Crippen LogP contribution >= 0.6 is 24.0 Å². The van der Waals surface area contributed by atoms with Crippen LogP contribution in [0.4, 0.5) is 0 Å². The van der Waals surface area contributed by atoms with Crippen LogP contribution in [-0.2, 0) is 22.6 Å². The van der Waals surface area contributed by atoms with Crippen molar-refractivity contribution in [3.05, 3.63) is 65.2 Å². The number of methoxy groups -OCH3 is 1. The van der Waals surface area contributed by atoms with Crippen LogP contribution in [0.3, 0.4) is 0 Å². The van der Waals surface area contributed by atoms with Crippen LogP contribution in [0.2, 0.25) is 0 Å². The molecule has 8 heteroatoms. The number of hydrogen-bond acceptors (Lipinski definition) is 4. The molecule has 0 unspecified atom stereocenters. The highest BCUT2D eigenvalue weighted by molar-refractivity contribution is 14.0. The molecule has 2 rings (SSSR count). The second-order valence-corrected chi connectivity index (χ2v) is 6.85. The molecular formula is C23H33IN4O3. The first kappa shape index (κ1) is 26.7. The topological polar surface area (TPSA) is 84.0 Å². The van der Waals surface area contributed by atoms with Crippen molar-refractivity contribution in [2.24, 2.45) is 4.99 Å². The zero-order chi connectivity index (χ0) is 21.6. The van der Waals surface area contributed by atoms with Gasteiger partial charge in [0.05, 0.1) is 13.2 Å². The summed E-state index contributed by atoms with van der Waals surface area (Å²) in [4.78, 5) is 16.3. The molecule has 0 aromatic heterocycles. The first-order valence-electron chi connectivity index (χ1n) is 10.1. The monoisotopic (exact) mass is 540 g/mol. The number of nitrogens with one attached hydrogen (secondary N) is 3. The molecule has 0 aliphatic carbocycles. The smallest absolute Gasteiger partial charge is 0.239 e. The van der Waals surface area contributed by atoms with E-state index >= 15 is 0 Å². The number of halogens is 1. The van der Waals surface area contributed by atoms with Gasteiger partial charge in [-0.15, -0.1) is 24.0 Å². The quantitative estimate of drug-likeness (QED) is 0.177. The summed E-state index contributed by atoms with van der Waals surface area (Å²) >= 11 is 0. The third kappa shape index (κ3) is 10.5. The molecule has 0 saturated heterocycles. The Hall–Kier alpha value is -2.33. The number of nitrogens with zero attached hydrogens (tertiary/aromatic N) is 1. The van der Waals surface area contributed by atoms with Crippen LogP contribution in [-0.4, -0.2) is 45.8 Å². The Balaban J connectivity index is 0.00000480. The van der Waals surface area contributed by atoms with Gasteiger partial charge in [0.25, 0.3) is 0 Å². The summed E-state index contributed by atoms with van der Waals surface area (Å²) in [5.41, 5.74) is 3.22. The van der Waals surface area contributed by atoms with Crippen molar-refractivity contribution >= 4 is 35.8 Å². The van der Waals surface area contributed by atoms with Gasteiger partial charge in [0.1, 0.15) is 5.75 Å². The zero-order valence-corrected chi connectivity index (χ0v) is 20.8. The fraction of sp³-hybridized carbons (Fsp3) is 0.391. The lowest BCUT2D eigenvalue weighted by Crippen LogP contribution is -2.42. The van der Waals surface area contributed by atoms with Gasteiger partial charge in [-0.2, -0.15) is 0 Å². The van der Waals surface area contributed by atoms with E-state index in [1.165, 1.54) is 0 Å². The molecular weight excluding hydrogens is 507 g/mol. The van der Waals surface area contributed by atoms with Crippen molar-refractivity contribution in [3.8, 4) is 5.75 Å². The van der Waals surface area contributed by atoms with E-state index in [-0.39, 0.29) is 36.4 Å². The van der Waals surface area contributed by atoms with Crippen LogP contribution < -0.4 is 20.7 Å². The molecule has 0 spiro atoms. The molecule has 0 heterocycles. The number of benzene rings is 2. The van der Waals surface area contributed by atoms with E-state index in [0.717, 1.165) is 28.9 Å².